The molecule has 104 valence electrons. The highest BCUT2D eigenvalue weighted by molar-refractivity contribution is 9.09. The summed E-state index contributed by atoms with van der Waals surface area (Å²) < 4.78 is 0. The van der Waals surface area contributed by atoms with E-state index >= 15 is 0 Å². The van der Waals surface area contributed by atoms with Crippen LogP contribution < -0.4 is 0 Å². The van der Waals surface area contributed by atoms with Crippen molar-refractivity contribution in [2.45, 2.75) is 43.9 Å². The van der Waals surface area contributed by atoms with Crippen LogP contribution >= 0.6 is 27.3 Å². The molecule has 2 aliphatic rings. The zero-order chi connectivity index (χ0) is 13.4. The molecule has 19 heavy (non-hydrogen) atoms. The van der Waals surface area contributed by atoms with Crippen molar-refractivity contribution in [2.24, 2.45) is 5.92 Å². The minimum atomic E-state index is 0.246. The summed E-state index contributed by atoms with van der Waals surface area (Å²) >= 11 is 5.43. The molecule has 0 aromatic carbocycles. The molecule has 2 atom stereocenters. The lowest BCUT2D eigenvalue weighted by molar-refractivity contribution is 0.0711. The van der Waals surface area contributed by atoms with Gasteiger partial charge in [-0.05, 0) is 49.7 Å². The number of rotatable bonds is 1. The number of nitrogens with zero attached hydrogens (tertiary/aromatic N) is 1. The zero-order valence-corrected chi connectivity index (χ0v) is 13.7. The molecule has 1 aliphatic carbocycles. The Kier molecular flexibility index (Phi) is 3.99. The third-order valence-electron chi connectivity index (χ3n) is 4.36. The smallest absolute Gasteiger partial charge is 0.263 e. The van der Waals surface area contributed by atoms with Crippen molar-refractivity contribution in [3.63, 3.8) is 0 Å². The van der Waals surface area contributed by atoms with Crippen LogP contribution in [0.3, 0.4) is 0 Å². The fraction of sp³-hybridized carbons (Fsp3) is 0.667. The molecule has 4 heteroatoms. The number of alkyl halides is 1. The minimum Gasteiger partial charge on any atom is -0.337 e. The molecule has 1 aromatic heterocycles. The van der Waals surface area contributed by atoms with Gasteiger partial charge in [-0.25, -0.2) is 0 Å². The summed E-state index contributed by atoms with van der Waals surface area (Å²) in [5.74, 6) is 0.913. The fourth-order valence-corrected chi connectivity index (χ4v) is 4.79. The van der Waals surface area contributed by atoms with Crippen LogP contribution in [0.25, 0.3) is 0 Å². The summed E-state index contributed by atoms with van der Waals surface area (Å²) in [5.41, 5.74) is 1.43. The van der Waals surface area contributed by atoms with Crippen molar-refractivity contribution >= 4 is 33.2 Å². The predicted octanol–water partition coefficient (Wildman–Crippen LogP) is 3.87. The van der Waals surface area contributed by atoms with Gasteiger partial charge in [0.05, 0.1) is 4.88 Å². The van der Waals surface area contributed by atoms with Crippen molar-refractivity contribution in [1.82, 2.24) is 4.90 Å². The van der Waals surface area contributed by atoms with E-state index in [1.54, 1.807) is 11.3 Å². The Morgan fingerprint density at radius 1 is 1.42 bits per heavy atom. The van der Waals surface area contributed by atoms with Crippen LogP contribution in [0, 0.1) is 5.92 Å². The Bertz CT molecular complexity index is 461. The number of hydrogen-bond donors (Lipinski definition) is 0. The Morgan fingerprint density at radius 2 is 2.21 bits per heavy atom. The first-order chi connectivity index (χ1) is 9.15. The Morgan fingerprint density at radius 3 is 2.95 bits per heavy atom. The number of hydrogen-bond acceptors (Lipinski definition) is 2. The third-order valence-corrected chi connectivity index (χ3v) is 6.78. The first-order valence-corrected chi connectivity index (χ1v) is 8.93. The number of thiophene rings is 1. The zero-order valence-electron chi connectivity index (χ0n) is 11.3. The second kappa shape index (κ2) is 5.57. The predicted molar refractivity (Wildman–Crippen MR) is 83.4 cm³/mol. The van der Waals surface area contributed by atoms with Gasteiger partial charge < -0.3 is 4.90 Å². The van der Waals surface area contributed by atoms with Crippen LogP contribution in [-0.2, 0) is 12.8 Å². The largest absolute Gasteiger partial charge is 0.337 e. The average molecular weight is 342 g/mol. The van der Waals surface area contributed by atoms with E-state index in [9.17, 15) is 4.79 Å². The highest BCUT2D eigenvalue weighted by atomic mass is 79.9. The number of fused-ring (bicyclic) bond motifs is 1. The first kappa shape index (κ1) is 13.6. The summed E-state index contributed by atoms with van der Waals surface area (Å²) in [6.07, 6.45) is 6.00. The Labute approximate surface area is 127 Å². The molecule has 2 heterocycles. The van der Waals surface area contributed by atoms with Gasteiger partial charge in [0, 0.05) is 22.8 Å². The lowest BCUT2D eigenvalue weighted by Gasteiger charge is -2.34. The van der Waals surface area contributed by atoms with Crippen molar-refractivity contribution in [3.05, 3.63) is 21.4 Å². The van der Waals surface area contributed by atoms with Gasteiger partial charge in [-0.1, -0.05) is 22.9 Å². The normalized spacial score (nSPS) is 27.2. The Hall–Kier alpha value is -0.350. The van der Waals surface area contributed by atoms with Crippen molar-refractivity contribution in [3.8, 4) is 0 Å². The van der Waals surface area contributed by atoms with E-state index < -0.39 is 0 Å². The number of carbonyl (C=O) groups excluding carboxylic acids is 1. The molecule has 1 aliphatic heterocycles. The minimum absolute atomic E-state index is 0.246. The molecule has 1 fully saturated rings. The topological polar surface area (TPSA) is 20.3 Å². The van der Waals surface area contributed by atoms with Crippen LogP contribution in [0.15, 0.2) is 6.07 Å². The van der Waals surface area contributed by atoms with Crippen LogP contribution in [0.1, 0.15) is 46.3 Å². The third kappa shape index (κ3) is 2.75. The van der Waals surface area contributed by atoms with E-state index in [0.29, 0.717) is 10.7 Å². The lowest BCUT2D eigenvalue weighted by atomic mass is 9.98. The molecule has 0 radical (unpaired) electrons. The summed E-state index contributed by atoms with van der Waals surface area (Å²) in [4.78, 5) is 17.5. The van der Waals surface area contributed by atoms with Gasteiger partial charge in [0.15, 0.2) is 0 Å². The molecule has 0 bridgehead atoms. The van der Waals surface area contributed by atoms with Gasteiger partial charge in [0.25, 0.3) is 5.91 Å². The molecule has 0 saturated carbocycles. The molecule has 3 rings (SSSR count). The average Bonchev–Trinajstić information content (AvgIpc) is 2.85. The van der Waals surface area contributed by atoms with Gasteiger partial charge in [0.1, 0.15) is 0 Å². The van der Waals surface area contributed by atoms with Crippen molar-refractivity contribution in [2.75, 3.05) is 13.1 Å². The maximum atomic E-state index is 12.6. The number of piperidine rings is 1. The van der Waals surface area contributed by atoms with E-state index in [1.165, 1.54) is 29.7 Å². The molecule has 1 aromatic rings. The molecular weight excluding hydrogens is 322 g/mol. The highest BCUT2D eigenvalue weighted by Gasteiger charge is 2.29. The van der Waals surface area contributed by atoms with Crippen LogP contribution in [-0.4, -0.2) is 28.7 Å². The molecule has 0 spiro atoms. The SMILES string of the molecule is CC1CCN(C(=O)c2cc3c(s2)CCCC3)CC1Br. The number of aryl methyl sites for hydroxylation is 2. The van der Waals surface area contributed by atoms with Gasteiger partial charge in [-0.15, -0.1) is 11.3 Å². The van der Waals surface area contributed by atoms with E-state index in [-0.39, 0.29) is 5.91 Å². The first-order valence-electron chi connectivity index (χ1n) is 7.20. The van der Waals surface area contributed by atoms with Crippen LogP contribution in [0.5, 0.6) is 0 Å². The summed E-state index contributed by atoms with van der Waals surface area (Å²) in [6.45, 7) is 4.01. The quantitative estimate of drug-likeness (QED) is 0.710. The van der Waals surface area contributed by atoms with E-state index in [2.05, 4.69) is 28.9 Å². The van der Waals surface area contributed by atoms with Crippen LogP contribution in [0.4, 0.5) is 0 Å². The standard InChI is InChI=1S/C15H20BrNOS/c1-10-6-7-17(9-12(10)16)15(18)14-8-11-4-2-3-5-13(11)19-14/h8,10,12H,2-7,9H2,1H3. The number of carbonyl (C=O) groups is 1. The van der Waals surface area contributed by atoms with E-state index in [0.717, 1.165) is 30.8 Å². The van der Waals surface area contributed by atoms with Crippen molar-refractivity contribution in [1.29, 1.82) is 0 Å². The molecular formula is C15H20BrNOS. The van der Waals surface area contributed by atoms with Crippen LogP contribution in [0.2, 0.25) is 0 Å². The van der Waals surface area contributed by atoms with Gasteiger partial charge in [-0.3, -0.25) is 4.79 Å². The van der Waals surface area contributed by atoms with Gasteiger partial charge in [0.2, 0.25) is 0 Å². The van der Waals surface area contributed by atoms with Crippen molar-refractivity contribution < 1.29 is 4.79 Å². The second-order valence-electron chi connectivity index (χ2n) is 5.80. The van der Waals surface area contributed by atoms with E-state index in [4.69, 9.17) is 0 Å². The van der Waals surface area contributed by atoms with E-state index in [1.807, 2.05) is 4.90 Å². The summed E-state index contributed by atoms with van der Waals surface area (Å²) in [7, 11) is 0. The maximum absolute atomic E-state index is 12.6. The number of likely N-dealkylation sites (tertiary alicyclic amines) is 1. The molecule has 2 unspecified atom stereocenters. The van der Waals surface area contributed by atoms with Gasteiger partial charge >= 0.3 is 0 Å². The molecule has 1 amide bonds. The fourth-order valence-electron chi connectivity index (χ4n) is 2.96. The highest BCUT2D eigenvalue weighted by Crippen LogP contribution is 2.31. The summed E-state index contributed by atoms with van der Waals surface area (Å²) in [5, 5.41) is 0. The number of amides is 1. The molecule has 0 N–H and O–H groups in total. The van der Waals surface area contributed by atoms with Gasteiger partial charge in [-0.2, -0.15) is 0 Å². The Balaban J connectivity index is 1.75. The molecule has 2 nitrogen and oxygen atoms in total. The number of halogens is 1. The lowest BCUT2D eigenvalue weighted by Crippen LogP contribution is -2.43. The monoisotopic (exact) mass is 341 g/mol. The second-order valence-corrected chi connectivity index (χ2v) is 8.11. The maximum Gasteiger partial charge on any atom is 0.263 e. The molecule has 1 saturated heterocycles. The summed E-state index contributed by atoms with van der Waals surface area (Å²) in [6, 6.07) is 2.16.